The SMILES string of the molecule is Cc1ccc(Cn2cnc3c(C)c(C)ccc32)cc1. The van der Waals surface area contributed by atoms with Gasteiger partial charge in [-0.05, 0) is 43.5 Å². The van der Waals surface area contributed by atoms with Gasteiger partial charge in [-0.25, -0.2) is 4.98 Å². The van der Waals surface area contributed by atoms with Crippen molar-refractivity contribution in [2.45, 2.75) is 27.3 Å². The second kappa shape index (κ2) is 4.54. The molecule has 0 atom stereocenters. The highest BCUT2D eigenvalue weighted by Crippen LogP contribution is 2.21. The first kappa shape index (κ1) is 12.0. The third-order valence-corrected chi connectivity index (χ3v) is 3.79. The van der Waals surface area contributed by atoms with Crippen LogP contribution in [0.1, 0.15) is 22.3 Å². The van der Waals surface area contributed by atoms with E-state index in [0.717, 1.165) is 12.1 Å². The van der Waals surface area contributed by atoms with Gasteiger partial charge >= 0.3 is 0 Å². The average molecular weight is 250 g/mol. The molecule has 2 nitrogen and oxygen atoms in total. The Morgan fingerprint density at radius 1 is 0.947 bits per heavy atom. The summed E-state index contributed by atoms with van der Waals surface area (Å²) in [7, 11) is 0. The number of imidazole rings is 1. The summed E-state index contributed by atoms with van der Waals surface area (Å²) in [6.45, 7) is 7.26. The summed E-state index contributed by atoms with van der Waals surface area (Å²) < 4.78 is 2.21. The van der Waals surface area contributed by atoms with Crippen LogP contribution in [0.3, 0.4) is 0 Å². The van der Waals surface area contributed by atoms with Gasteiger partial charge in [-0.1, -0.05) is 35.9 Å². The lowest BCUT2D eigenvalue weighted by molar-refractivity contribution is 0.824. The van der Waals surface area contributed by atoms with Crippen LogP contribution in [-0.2, 0) is 6.54 Å². The van der Waals surface area contributed by atoms with Gasteiger partial charge < -0.3 is 4.57 Å². The Balaban J connectivity index is 2.02. The molecule has 0 saturated carbocycles. The molecule has 0 bridgehead atoms. The van der Waals surface area contributed by atoms with E-state index in [0.29, 0.717) is 0 Å². The van der Waals surface area contributed by atoms with Crippen LogP contribution in [0, 0.1) is 20.8 Å². The smallest absolute Gasteiger partial charge is 0.0961 e. The first-order chi connectivity index (χ1) is 9.15. The molecule has 19 heavy (non-hydrogen) atoms. The zero-order valence-electron chi connectivity index (χ0n) is 11.6. The minimum absolute atomic E-state index is 0.874. The third kappa shape index (κ3) is 2.14. The highest BCUT2D eigenvalue weighted by molar-refractivity contribution is 5.80. The van der Waals surface area contributed by atoms with E-state index in [1.807, 2.05) is 6.33 Å². The van der Waals surface area contributed by atoms with Gasteiger partial charge in [0.1, 0.15) is 0 Å². The van der Waals surface area contributed by atoms with Gasteiger partial charge in [-0.15, -0.1) is 0 Å². The second-order valence-corrected chi connectivity index (χ2v) is 5.23. The molecule has 1 aromatic heterocycles. The number of aromatic nitrogens is 2. The Labute approximate surface area is 113 Å². The number of benzene rings is 2. The standard InChI is InChI=1S/C17H18N2/c1-12-4-7-15(8-5-12)10-19-11-18-17-14(3)13(2)6-9-16(17)19/h4-9,11H,10H2,1-3H3. The van der Waals surface area contributed by atoms with Crippen molar-refractivity contribution < 1.29 is 0 Å². The van der Waals surface area contributed by atoms with Crippen LogP contribution in [-0.4, -0.2) is 9.55 Å². The molecule has 0 aliphatic rings. The number of hydrogen-bond donors (Lipinski definition) is 0. The normalized spacial score (nSPS) is 11.1. The Morgan fingerprint density at radius 2 is 1.68 bits per heavy atom. The molecule has 0 amide bonds. The van der Waals surface area contributed by atoms with Gasteiger partial charge in [0.05, 0.1) is 17.4 Å². The van der Waals surface area contributed by atoms with E-state index in [4.69, 9.17) is 0 Å². The number of nitrogens with zero attached hydrogens (tertiary/aromatic N) is 2. The topological polar surface area (TPSA) is 17.8 Å². The molecular formula is C17H18N2. The van der Waals surface area contributed by atoms with Crippen molar-refractivity contribution in [1.29, 1.82) is 0 Å². The number of rotatable bonds is 2. The van der Waals surface area contributed by atoms with Crippen LogP contribution in [0.4, 0.5) is 0 Å². The van der Waals surface area contributed by atoms with Crippen LogP contribution in [0.2, 0.25) is 0 Å². The monoisotopic (exact) mass is 250 g/mol. The summed E-state index contributed by atoms with van der Waals surface area (Å²) in [4.78, 5) is 4.56. The maximum absolute atomic E-state index is 4.56. The van der Waals surface area contributed by atoms with Crippen LogP contribution in [0.15, 0.2) is 42.7 Å². The Bertz CT molecular complexity index is 721. The molecule has 0 spiro atoms. The number of fused-ring (bicyclic) bond motifs is 1. The fourth-order valence-electron chi connectivity index (χ4n) is 2.39. The van der Waals surface area contributed by atoms with Crippen molar-refractivity contribution in [3.63, 3.8) is 0 Å². The van der Waals surface area contributed by atoms with E-state index in [9.17, 15) is 0 Å². The lowest BCUT2D eigenvalue weighted by Crippen LogP contribution is -1.98. The highest BCUT2D eigenvalue weighted by Gasteiger charge is 2.07. The van der Waals surface area contributed by atoms with E-state index >= 15 is 0 Å². The molecule has 96 valence electrons. The van der Waals surface area contributed by atoms with Gasteiger partial charge in [-0.2, -0.15) is 0 Å². The fourth-order valence-corrected chi connectivity index (χ4v) is 2.39. The first-order valence-corrected chi connectivity index (χ1v) is 6.62. The van der Waals surface area contributed by atoms with Gasteiger partial charge in [0.15, 0.2) is 0 Å². The molecule has 3 aromatic rings. The number of hydrogen-bond acceptors (Lipinski definition) is 1. The summed E-state index contributed by atoms with van der Waals surface area (Å²) in [5.74, 6) is 0. The quantitative estimate of drug-likeness (QED) is 0.672. The van der Waals surface area contributed by atoms with Crippen LogP contribution in [0.25, 0.3) is 11.0 Å². The van der Waals surface area contributed by atoms with Crippen LogP contribution < -0.4 is 0 Å². The van der Waals surface area contributed by atoms with E-state index < -0.39 is 0 Å². The molecule has 0 aliphatic heterocycles. The highest BCUT2D eigenvalue weighted by atomic mass is 15.0. The largest absolute Gasteiger partial charge is 0.326 e. The van der Waals surface area contributed by atoms with Gasteiger partial charge in [0.25, 0.3) is 0 Å². The van der Waals surface area contributed by atoms with Crippen molar-refractivity contribution in [1.82, 2.24) is 9.55 Å². The lowest BCUT2D eigenvalue weighted by atomic mass is 10.1. The Kier molecular flexibility index (Phi) is 2.86. The zero-order chi connectivity index (χ0) is 13.4. The summed E-state index contributed by atoms with van der Waals surface area (Å²) in [5, 5.41) is 0. The van der Waals surface area contributed by atoms with Crippen molar-refractivity contribution in [2.75, 3.05) is 0 Å². The second-order valence-electron chi connectivity index (χ2n) is 5.23. The van der Waals surface area contributed by atoms with Gasteiger partial charge in [0, 0.05) is 6.54 Å². The Hall–Kier alpha value is -2.09. The minimum Gasteiger partial charge on any atom is -0.326 e. The van der Waals surface area contributed by atoms with Gasteiger partial charge in [-0.3, -0.25) is 0 Å². The average Bonchev–Trinajstić information content (AvgIpc) is 2.80. The van der Waals surface area contributed by atoms with E-state index in [2.05, 4.69) is 66.7 Å². The molecule has 0 N–H and O–H groups in total. The summed E-state index contributed by atoms with van der Waals surface area (Å²) in [5.41, 5.74) is 7.51. The van der Waals surface area contributed by atoms with Crippen molar-refractivity contribution in [2.24, 2.45) is 0 Å². The zero-order valence-corrected chi connectivity index (χ0v) is 11.6. The van der Waals surface area contributed by atoms with Crippen molar-refractivity contribution in [3.8, 4) is 0 Å². The molecule has 0 radical (unpaired) electrons. The molecule has 0 aliphatic carbocycles. The summed E-state index contributed by atoms with van der Waals surface area (Å²) in [6.07, 6.45) is 1.94. The van der Waals surface area contributed by atoms with E-state index in [1.165, 1.54) is 27.8 Å². The van der Waals surface area contributed by atoms with Crippen molar-refractivity contribution in [3.05, 3.63) is 65.0 Å². The predicted octanol–water partition coefficient (Wildman–Crippen LogP) is 4.01. The molecule has 0 saturated heterocycles. The minimum atomic E-state index is 0.874. The molecule has 2 heteroatoms. The maximum Gasteiger partial charge on any atom is 0.0961 e. The van der Waals surface area contributed by atoms with Crippen molar-refractivity contribution >= 4 is 11.0 Å². The molecule has 0 fully saturated rings. The summed E-state index contributed by atoms with van der Waals surface area (Å²) in [6, 6.07) is 13.0. The molecule has 0 unspecified atom stereocenters. The summed E-state index contributed by atoms with van der Waals surface area (Å²) >= 11 is 0. The molecule has 2 aromatic carbocycles. The Morgan fingerprint density at radius 3 is 2.42 bits per heavy atom. The maximum atomic E-state index is 4.56. The van der Waals surface area contributed by atoms with Crippen LogP contribution in [0.5, 0.6) is 0 Å². The molecule has 3 rings (SSSR count). The molecule has 1 heterocycles. The third-order valence-electron chi connectivity index (χ3n) is 3.79. The van der Waals surface area contributed by atoms with Crippen LogP contribution >= 0.6 is 0 Å². The molecular weight excluding hydrogens is 232 g/mol. The van der Waals surface area contributed by atoms with Gasteiger partial charge in [0.2, 0.25) is 0 Å². The fraction of sp³-hybridized carbons (Fsp3) is 0.235. The van der Waals surface area contributed by atoms with E-state index in [1.54, 1.807) is 0 Å². The first-order valence-electron chi connectivity index (χ1n) is 6.62. The number of aryl methyl sites for hydroxylation is 3. The lowest BCUT2D eigenvalue weighted by Gasteiger charge is -2.06. The van der Waals surface area contributed by atoms with E-state index in [-0.39, 0.29) is 0 Å². The predicted molar refractivity (Wildman–Crippen MR) is 79.5 cm³/mol.